The smallest absolute Gasteiger partial charge is 0.490 e. The van der Waals surface area contributed by atoms with Gasteiger partial charge in [0.15, 0.2) is 0 Å². The van der Waals surface area contributed by atoms with Crippen LogP contribution in [0.25, 0.3) is 11.1 Å². The molecule has 0 radical (unpaired) electrons. The molecule has 214 valence electrons. The predicted octanol–water partition coefficient (Wildman–Crippen LogP) is 5.52. The predicted molar refractivity (Wildman–Crippen MR) is 144 cm³/mol. The van der Waals surface area contributed by atoms with Crippen molar-refractivity contribution < 1.29 is 37.0 Å². The Morgan fingerprint density at radius 1 is 0.950 bits per heavy atom. The second-order valence-electron chi connectivity index (χ2n) is 9.30. The van der Waals surface area contributed by atoms with Crippen molar-refractivity contribution in [2.75, 3.05) is 45.7 Å². The van der Waals surface area contributed by atoms with Crippen LogP contribution in [0.15, 0.2) is 66.7 Å². The number of alkyl halides is 3. The number of carboxylic acids is 1. The van der Waals surface area contributed by atoms with E-state index in [2.05, 4.69) is 28.2 Å². The molecule has 1 amide bonds. The van der Waals surface area contributed by atoms with E-state index in [-0.39, 0.29) is 11.7 Å². The van der Waals surface area contributed by atoms with E-state index < -0.39 is 12.1 Å². The van der Waals surface area contributed by atoms with Gasteiger partial charge < -0.3 is 20.1 Å². The van der Waals surface area contributed by atoms with Crippen molar-refractivity contribution in [3.05, 3.63) is 83.7 Å². The first-order valence-electron chi connectivity index (χ1n) is 12.5. The Morgan fingerprint density at radius 2 is 1.62 bits per heavy atom. The molecule has 1 fully saturated rings. The summed E-state index contributed by atoms with van der Waals surface area (Å²) in [5.41, 5.74) is 4.33. The molecule has 3 aromatic carbocycles. The van der Waals surface area contributed by atoms with Crippen LogP contribution < -0.4 is 10.1 Å². The molecule has 0 aromatic heterocycles. The van der Waals surface area contributed by atoms with Gasteiger partial charge >= 0.3 is 12.1 Å². The summed E-state index contributed by atoms with van der Waals surface area (Å²) < 4.78 is 50.5. The van der Waals surface area contributed by atoms with Gasteiger partial charge in [0.25, 0.3) is 5.91 Å². The number of aliphatic carboxylic acids is 1. The molecule has 11 heteroatoms. The van der Waals surface area contributed by atoms with Gasteiger partial charge in [0.2, 0.25) is 0 Å². The zero-order valence-electron chi connectivity index (χ0n) is 22.2. The zero-order valence-corrected chi connectivity index (χ0v) is 22.2. The fourth-order valence-electron chi connectivity index (χ4n) is 4.16. The van der Waals surface area contributed by atoms with Crippen LogP contribution in [-0.4, -0.2) is 73.3 Å². The Labute approximate surface area is 230 Å². The minimum atomic E-state index is -5.08. The number of carbonyl (C=O) groups is 2. The summed E-state index contributed by atoms with van der Waals surface area (Å²) in [6.45, 7) is 5.14. The lowest BCUT2D eigenvalue weighted by molar-refractivity contribution is -0.192. The Balaban J connectivity index is 0.000000559. The summed E-state index contributed by atoms with van der Waals surface area (Å²) >= 11 is 0. The molecule has 7 nitrogen and oxygen atoms in total. The molecule has 0 spiro atoms. The third-order valence-electron chi connectivity index (χ3n) is 6.29. The number of carboxylic acid groups (broad SMARTS) is 1. The summed E-state index contributed by atoms with van der Waals surface area (Å²) in [6.07, 6.45) is -3.92. The maximum atomic E-state index is 13.1. The molecule has 1 saturated heterocycles. The first kappa shape index (κ1) is 30.6. The molecule has 0 unspecified atom stereocenters. The van der Waals surface area contributed by atoms with Crippen LogP contribution in [0.2, 0.25) is 0 Å². The number of halogens is 4. The number of amides is 1. The van der Waals surface area contributed by atoms with Gasteiger partial charge in [-0.3, -0.25) is 9.69 Å². The molecule has 1 heterocycles. The van der Waals surface area contributed by atoms with Crippen LogP contribution in [0.4, 0.5) is 23.2 Å². The van der Waals surface area contributed by atoms with Gasteiger partial charge in [-0.1, -0.05) is 18.2 Å². The molecule has 0 bridgehead atoms. The van der Waals surface area contributed by atoms with Crippen molar-refractivity contribution in [1.82, 2.24) is 9.80 Å². The summed E-state index contributed by atoms with van der Waals surface area (Å²) in [5, 5.41) is 10.0. The topological polar surface area (TPSA) is 82.1 Å². The van der Waals surface area contributed by atoms with E-state index in [0.717, 1.165) is 61.6 Å². The Hall–Kier alpha value is -3.96. The number of rotatable bonds is 6. The van der Waals surface area contributed by atoms with Crippen molar-refractivity contribution in [3.63, 3.8) is 0 Å². The second kappa shape index (κ2) is 13.9. The molecular formula is C29H31F4N3O4. The Kier molecular flexibility index (Phi) is 10.6. The molecule has 1 aliphatic heterocycles. The number of benzene rings is 3. The summed E-state index contributed by atoms with van der Waals surface area (Å²) in [4.78, 5) is 26.3. The molecule has 40 heavy (non-hydrogen) atoms. The molecule has 3 aromatic rings. The van der Waals surface area contributed by atoms with Crippen molar-refractivity contribution in [2.24, 2.45) is 0 Å². The van der Waals surface area contributed by atoms with E-state index in [9.17, 15) is 22.4 Å². The normalized spacial score (nSPS) is 14.4. The first-order valence-corrected chi connectivity index (χ1v) is 12.5. The number of ether oxygens (including phenoxy) is 1. The van der Waals surface area contributed by atoms with Gasteiger partial charge in [0.05, 0.1) is 7.11 Å². The van der Waals surface area contributed by atoms with Crippen molar-refractivity contribution in [2.45, 2.75) is 19.1 Å². The largest absolute Gasteiger partial charge is 0.496 e. The molecule has 4 rings (SSSR count). The zero-order chi connectivity index (χ0) is 29.3. The lowest BCUT2D eigenvalue weighted by Gasteiger charge is -2.22. The molecule has 2 N–H and O–H groups in total. The monoisotopic (exact) mass is 561 g/mol. The number of nitrogens with zero attached hydrogens (tertiary/aromatic N) is 2. The lowest BCUT2D eigenvalue weighted by atomic mass is 10.0. The van der Waals surface area contributed by atoms with Crippen LogP contribution >= 0.6 is 0 Å². The van der Waals surface area contributed by atoms with Crippen LogP contribution in [-0.2, 0) is 11.3 Å². The van der Waals surface area contributed by atoms with Gasteiger partial charge in [0.1, 0.15) is 11.6 Å². The van der Waals surface area contributed by atoms with Crippen molar-refractivity contribution in [1.29, 1.82) is 0 Å². The third-order valence-corrected chi connectivity index (χ3v) is 6.29. The van der Waals surface area contributed by atoms with Gasteiger partial charge in [-0.15, -0.1) is 0 Å². The highest BCUT2D eigenvalue weighted by Gasteiger charge is 2.38. The van der Waals surface area contributed by atoms with Gasteiger partial charge in [-0.05, 0) is 86.2 Å². The van der Waals surface area contributed by atoms with Gasteiger partial charge in [-0.25, -0.2) is 9.18 Å². The molecule has 1 aliphatic rings. The van der Waals surface area contributed by atoms with Gasteiger partial charge in [-0.2, -0.15) is 13.2 Å². The van der Waals surface area contributed by atoms with E-state index in [0.29, 0.717) is 11.3 Å². The third kappa shape index (κ3) is 9.06. The molecule has 0 aliphatic carbocycles. The lowest BCUT2D eigenvalue weighted by Crippen LogP contribution is -2.28. The summed E-state index contributed by atoms with van der Waals surface area (Å²) in [7, 11) is 3.88. The number of hydrogen-bond acceptors (Lipinski definition) is 5. The Bertz CT molecular complexity index is 1300. The van der Waals surface area contributed by atoms with Crippen LogP contribution in [0.3, 0.4) is 0 Å². The van der Waals surface area contributed by atoms with E-state index in [1.54, 1.807) is 7.11 Å². The van der Waals surface area contributed by atoms with Crippen molar-refractivity contribution >= 4 is 17.6 Å². The van der Waals surface area contributed by atoms with E-state index in [1.807, 2.05) is 36.4 Å². The number of methoxy groups -OCH3 is 1. The summed E-state index contributed by atoms with van der Waals surface area (Å²) in [6, 6.07) is 19.5. The quantitative estimate of drug-likeness (QED) is 0.386. The minimum absolute atomic E-state index is 0.270. The number of likely N-dealkylation sites (N-methyl/N-ethyl adjacent to an activating group) is 1. The van der Waals surface area contributed by atoms with E-state index in [4.69, 9.17) is 14.6 Å². The highest BCUT2D eigenvalue weighted by atomic mass is 19.4. The number of anilines is 1. The van der Waals surface area contributed by atoms with Crippen molar-refractivity contribution in [3.8, 4) is 16.9 Å². The minimum Gasteiger partial charge on any atom is -0.496 e. The highest BCUT2D eigenvalue weighted by molar-refractivity contribution is 6.04. The standard InChI is InChI=1S/C27H30FN3O2.C2HF3O2/c1-30-13-4-14-31(16-15-30)19-23-17-22(9-12-26(23)33-2)21-5-3-6-25(18-21)29-27(32)20-7-10-24(28)11-8-20;3-2(4,5)1(6)7/h3,5-12,17-18H,4,13-16,19H2,1-2H3,(H,29,32);(H,6,7). The first-order chi connectivity index (χ1) is 19.0. The second-order valence-corrected chi connectivity index (χ2v) is 9.30. The SMILES string of the molecule is COc1ccc(-c2cccc(NC(=O)c3ccc(F)cc3)c2)cc1CN1CCCN(C)CC1.O=C(O)C(F)(F)F. The molecule has 0 atom stereocenters. The van der Waals surface area contributed by atoms with E-state index >= 15 is 0 Å². The average molecular weight is 562 g/mol. The van der Waals surface area contributed by atoms with Crippen LogP contribution in [0.1, 0.15) is 22.3 Å². The average Bonchev–Trinajstić information content (AvgIpc) is 3.12. The maximum absolute atomic E-state index is 13.1. The summed E-state index contributed by atoms with van der Waals surface area (Å²) in [5.74, 6) is -2.51. The molecular weight excluding hydrogens is 530 g/mol. The Morgan fingerprint density at radius 3 is 2.27 bits per heavy atom. The number of nitrogens with one attached hydrogen (secondary N) is 1. The van der Waals surface area contributed by atoms with Crippen LogP contribution in [0.5, 0.6) is 5.75 Å². The van der Waals surface area contributed by atoms with E-state index in [1.165, 1.54) is 24.3 Å². The number of carbonyl (C=O) groups excluding carboxylic acids is 1. The fourth-order valence-corrected chi connectivity index (χ4v) is 4.16. The van der Waals surface area contributed by atoms with Gasteiger partial charge in [0, 0.05) is 36.4 Å². The fraction of sp³-hybridized carbons (Fsp3) is 0.310. The number of hydrogen-bond donors (Lipinski definition) is 2. The molecule has 0 saturated carbocycles. The highest BCUT2D eigenvalue weighted by Crippen LogP contribution is 2.29. The van der Waals surface area contributed by atoms with Crippen LogP contribution in [0, 0.1) is 5.82 Å². The maximum Gasteiger partial charge on any atom is 0.490 e.